The van der Waals surface area contributed by atoms with Gasteiger partial charge in [-0.25, -0.2) is 9.59 Å². The summed E-state index contributed by atoms with van der Waals surface area (Å²) >= 11 is 0. The molecule has 70 valence electrons. The van der Waals surface area contributed by atoms with E-state index in [4.69, 9.17) is 9.84 Å². The first kappa shape index (κ1) is 9.51. The Kier molecular flexibility index (Phi) is 2.23. The van der Waals surface area contributed by atoms with Crippen LogP contribution in [0, 0.1) is 0 Å². The van der Waals surface area contributed by atoms with Crippen molar-refractivity contribution in [2.45, 2.75) is 18.4 Å². The van der Waals surface area contributed by atoms with Crippen LogP contribution in [0.1, 0.15) is 12.8 Å². The predicted octanol–water partition coefficient (Wildman–Crippen LogP) is 0.889. The van der Waals surface area contributed by atoms with Gasteiger partial charge in [0, 0.05) is 0 Å². The second-order valence-corrected chi connectivity index (χ2v) is 2.94. The fourth-order valence-corrected chi connectivity index (χ4v) is 0.805. The van der Waals surface area contributed by atoms with E-state index in [2.05, 4.69) is 13.2 Å². The molecule has 0 unspecified atom stereocenters. The molecule has 0 saturated heterocycles. The molecule has 1 rings (SSSR count). The Balaban J connectivity index is 2.55. The lowest BCUT2D eigenvalue weighted by Gasteiger charge is -2.10. The number of esters is 1. The van der Waals surface area contributed by atoms with E-state index < -0.39 is 23.1 Å². The zero-order valence-corrected chi connectivity index (χ0v) is 7.08. The minimum absolute atomic E-state index is 0.548. The lowest BCUT2D eigenvalue weighted by Crippen LogP contribution is -2.21. The summed E-state index contributed by atoms with van der Waals surface area (Å²) in [5.41, 5.74) is -1.18. The molecule has 4 nitrogen and oxygen atoms in total. The van der Waals surface area contributed by atoms with Gasteiger partial charge >= 0.3 is 11.9 Å². The van der Waals surface area contributed by atoms with Crippen LogP contribution in [0.5, 0.6) is 0 Å². The van der Waals surface area contributed by atoms with Crippen molar-refractivity contribution in [3.8, 4) is 0 Å². The quantitative estimate of drug-likeness (QED) is 0.230. The number of carboxylic acid groups (broad SMARTS) is 1. The first-order chi connectivity index (χ1) is 6.01. The highest BCUT2D eigenvalue weighted by molar-refractivity contribution is 6.12. The standard InChI is InChI=1S/C9H10O4/c1-3-9(4-5-9)13-8(12)6(2)7(10)11/h3H,1-2,4-5H2,(H,10,11). The van der Waals surface area contributed by atoms with Gasteiger partial charge in [-0.2, -0.15) is 0 Å². The maximum absolute atomic E-state index is 11.0. The van der Waals surface area contributed by atoms with Gasteiger partial charge in [0.05, 0.1) is 0 Å². The summed E-state index contributed by atoms with van der Waals surface area (Å²) in [5.74, 6) is -2.24. The lowest BCUT2D eigenvalue weighted by atomic mass is 10.3. The SMILES string of the molecule is C=CC1(OC(=O)C(=C)C(=O)O)CC1. The van der Waals surface area contributed by atoms with Crippen molar-refractivity contribution < 1.29 is 19.4 Å². The highest BCUT2D eigenvalue weighted by Crippen LogP contribution is 2.40. The maximum Gasteiger partial charge on any atom is 0.345 e. The molecule has 0 aromatic heterocycles. The molecule has 0 radical (unpaired) electrons. The van der Waals surface area contributed by atoms with Gasteiger partial charge in [-0.1, -0.05) is 13.2 Å². The van der Waals surface area contributed by atoms with E-state index in [-0.39, 0.29) is 0 Å². The highest BCUT2D eigenvalue weighted by Gasteiger charge is 2.44. The van der Waals surface area contributed by atoms with Crippen molar-refractivity contribution in [2.24, 2.45) is 0 Å². The largest absolute Gasteiger partial charge is 0.477 e. The van der Waals surface area contributed by atoms with Crippen LogP contribution >= 0.6 is 0 Å². The lowest BCUT2D eigenvalue weighted by molar-refractivity contribution is -0.147. The predicted molar refractivity (Wildman–Crippen MR) is 45.0 cm³/mol. The number of hydrogen-bond donors (Lipinski definition) is 1. The van der Waals surface area contributed by atoms with Crippen molar-refractivity contribution in [3.05, 3.63) is 24.8 Å². The summed E-state index contributed by atoms with van der Waals surface area (Å²) in [6.07, 6.45) is 2.92. The average Bonchev–Trinajstić information content (AvgIpc) is 2.84. The van der Waals surface area contributed by atoms with Crippen molar-refractivity contribution in [3.63, 3.8) is 0 Å². The molecule has 1 aliphatic carbocycles. The summed E-state index contributed by atoms with van der Waals surface area (Å²) in [6, 6.07) is 0. The number of carbonyl (C=O) groups excluding carboxylic acids is 1. The van der Waals surface area contributed by atoms with Crippen molar-refractivity contribution in [2.75, 3.05) is 0 Å². The molecule has 0 spiro atoms. The number of carbonyl (C=O) groups is 2. The molecule has 13 heavy (non-hydrogen) atoms. The zero-order chi connectivity index (χ0) is 10.1. The van der Waals surface area contributed by atoms with E-state index in [1.165, 1.54) is 6.08 Å². The van der Waals surface area contributed by atoms with Gasteiger partial charge in [0.1, 0.15) is 11.2 Å². The summed E-state index contributed by atoms with van der Waals surface area (Å²) in [4.78, 5) is 21.4. The maximum atomic E-state index is 11.0. The average molecular weight is 182 g/mol. The van der Waals surface area contributed by atoms with Crippen LogP contribution in [0.4, 0.5) is 0 Å². The molecule has 0 heterocycles. The smallest absolute Gasteiger partial charge is 0.345 e. The van der Waals surface area contributed by atoms with E-state index in [0.29, 0.717) is 12.8 Å². The summed E-state index contributed by atoms with van der Waals surface area (Å²) < 4.78 is 4.88. The molecular weight excluding hydrogens is 172 g/mol. The second-order valence-electron chi connectivity index (χ2n) is 2.94. The number of carboxylic acids is 1. The van der Waals surface area contributed by atoms with Gasteiger partial charge in [0.15, 0.2) is 0 Å². The molecule has 0 aromatic rings. The Morgan fingerprint density at radius 1 is 1.46 bits per heavy atom. The Hall–Kier alpha value is -1.58. The third-order valence-corrected chi connectivity index (χ3v) is 1.92. The van der Waals surface area contributed by atoms with Gasteiger partial charge < -0.3 is 9.84 Å². The third kappa shape index (κ3) is 1.96. The molecule has 1 N–H and O–H groups in total. The Morgan fingerprint density at radius 3 is 2.31 bits per heavy atom. The van der Waals surface area contributed by atoms with Crippen molar-refractivity contribution in [1.82, 2.24) is 0 Å². The van der Waals surface area contributed by atoms with Crippen LogP contribution in [0.25, 0.3) is 0 Å². The number of ether oxygens (including phenoxy) is 1. The van der Waals surface area contributed by atoms with Crippen LogP contribution in [0.15, 0.2) is 24.8 Å². The molecule has 0 aromatic carbocycles. The van der Waals surface area contributed by atoms with Crippen LogP contribution in [-0.4, -0.2) is 22.6 Å². The van der Waals surface area contributed by atoms with Crippen LogP contribution in [-0.2, 0) is 14.3 Å². The molecular formula is C9H10O4. The fourth-order valence-electron chi connectivity index (χ4n) is 0.805. The molecule has 0 atom stereocenters. The van der Waals surface area contributed by atoms with Gasteiger partial charge in [-0.3, -0.25) is 0 Å². The van der Waals surface area contributed by atoms with Crippen LogP contribution < -0.4 is 0 Å². The van der Waals surface area contributed by atoms with E-state index in [1.54, 1.807) is 0 Å². The Morgan fingerprint density at radius 2 is 2.00 bits per heavy atom. The van der Waals surface area contributed by atoms with Crippen LogP contribution in [0.3, 0.4) is 0 Å². The topological polar surface area (TPSA) is 63.6 Å². The molecule has 0 amide bonds. The van der Waals surface area contributed by atoms with Gasteiger partial charge in [0.2, 0.25) is 0 Å². The van der Waals surface area contributed by atoms with Gasteiger partial charge in [0.25, 0.3) is 0 Å². The van der Waals surface area contributed by atoms with Crippen molar-refractivity contribution in [1.29, 1.82) is 0 Å². The fraction of sp³-hybridized carbons (Fsp3) is 0.333. The minimum Gasteiger partial charge on any atom is -0.477 e. The molecule has 0 bridgehead atoms. The zero-order valence-electron chi connectivity index (χ0n) is 7.08. The first-order valence-electron chi connectivity index (χ1n) is 3.80. The number of aliphatic carboxylic acids is 1. The molecule has 1 aliphatic rings. The van der Waals surface area contributed by atoms with Crippen LogP contribution in [0.2, 0.25) is 0 Å². The van der Waals surface area contributed by atoms with Gasteiger partial charge in [-0.15, -0.1) is 0 Å². The monoisotopic (exact) mass is 182 g/mol. The molecule has 1 fully saturated rings. The number of hydrogen-bond acceptors (Lipinski definition) is 3. The van der Waals surface area contributed by atoms with E-state index in [9.17, 15) is 9.59 Å². The first-order valence-corrected chi connectivity index (χ1v) is 3.80. The molecule has 4 heteroatoms. The summed E-state index contributed by atoms with van der Waals surface area (Å²) in [6.45, 7) is 6.59. The van der Waals surface area contributed by atoms with E-state index in [0.717, 1.165) is 0 Å². The normalized spacial score (nSPS) is 17.2. The summed E-state index contributed by atoms with van der Waals surface area (Å²) in [7, 11) is 0. The van der Waals surface area contributed by atoms with Gasteiger partial charge in [-0.05, 0) is 18.9 Å². The second kappa shape index (κ2) is 3.05. The Labute approximate surface area is 75.5 Å². The summed E-state index contributed by atoms with van der Waals surface area (Å²) in [5, 5.41) is 8.42. The van der Waals surface area contributed by atoms with E-state index >= 15 is 0 Å². The van der Waals surface area contributed by atoms with E-state index in [1.807, 2.05) is 0 Å². The third-order valence-electron chi connectivity index (χ3n) is 1.92. The molecule has 0 aliphatic heterocycles. The highest BCUT2D eigenvalue weighted by atomic mass is 16.6. The van der Waals surface area contributed by atoms with Crippen molar-refractivity contribution >= 4 is 11.9 Å². The number of rotatable bonds is 4. The molecule has 1 saturated carbocycles. The minimum atomic E-state index is -1.36. The Bertz CT molecular complexity index is 286.